The first kappa shape index (κ1) is 13.3. The van der Waals surface area contributed by atoms with Crippen LogP contribution in [0.15, 0.2) is 6.07 Å². The predicted molar refractivity (Wildman–Crippen MR) is 77.4 cm³/mol. The molecule has 0 aliphatic heterocycles. The molecule has 0 bridgehead atoms. The summed E-state index contributed by atoms with van der Waals surface area (Å²) in [7, 11) is 1.99. The number of hydrogen-bond acceptors (Lipinski definition) is 3. The molecule has 0 spiro atoms. The van der Waals surface area contributed by atoms with Crippen molar-refractivity contribution in [1.82, 2.24) is 15.1 Å². The van der Waals surface area contributed by atoms with Crippen LogP contribution in [0.5, 0.6) is 0 Å². The van der Waals surface area contributed by atoms with Crippen molar-refractivity contribution in [3.63, 3.8) is 0 Å². The van der Waals surface area contributed by atoms with Gasteiger partial charge in [-0.25, -0.2) is 0 Å². The topological polar surface area (TPSA) is 29.9 Å². The van der Waals surface area contributed by atoms with Crippen LogP contribution in [0, 0.1) is 27.7 Å². The minimum absolute atomic E-state index is 0.882. The third kappa shape index (κ3) is 2.49. The maximum atomic E-state index is 4.61. The summed E-state index contributed by atoms with van der Waals surface area (Å²) < 4.78 is 2.11. The Morgan fingerprint density at radius 1 is 1.28 bits per heavy atom. The standard InChI is InChI=1S/C14H21N3S/c1-9-10(2)16-17(11(9)3)8-13-6-14(7-15-5)18-12(13)4/h6,15H,7-8H2,1-5H3. The first-order valence-corrected chi connectivity index (χ1v) is 7.08. The third-order valence-corrected chi connectivity index (χ3v) is 4.58. The second-order valence-corrected chi connectivity index (χ2v) is 6.12. The lowest BCUT2D eigenvalue weighted by Crippen LogP contribution is -2.05. The van der Waals surface area contributed by atoms with Crippen LogP contribution < -0.4 is 5.32 Å². The first-order valence-electron chi connectivity index (χ1n) is 6.26. The summed E-state index contributed by atoms with van der Waals surface area (Å²) in [5.41, 5.74) is 5.10. The van der Waals surface area contributed by atoms with Gasteiger partial charge in [-0.1, -0.05) is 0 Å². The van der Waals surface area contributed by atoms with E-state index < -0.39 is 0 Å². The van der Waals surface area contributed by atoms with E-state index in [2.05, 4.69) is 48.9 Å². The second-order valence-electron chi connectivity index (χ2n) is 4.78. The maximum absolute atomic E-state index is 4.61. The van der Waals surface area contributed by atoms with E-state index in [-0.39, 0.29) is 0 Å². The molecule has 2 aromatic heterocycles. The van der Waals surface area contributed by atoms with Crippen molar-refractivity contribution in [3.8, 4) is 0 Å². The van der Waals surface area contributed by atoms with Gasteiger partial charge < -0.3 is 5.32 Å². The Bertz CT molecular complexity index is 552. The number of aryl methyl sites for hydroxylation is 2. The number of hydrogen-bond donors (Lipinski definition) is 1. The van der Waals surface area contributed by atoms with Gasteiger partial charge in [-0.05, 0) is 51.9 Å². The van der Waals surface area contributed by atoms with Crippen LogP contribution in [0.3, 0.4) is 0 Å². The fourth-order valence-corrected chi connectivity index (χ4v) is 3.17. The van der Waals surface area contributed by atoms with Gasteiger partial charge in [0.2, 0.25) is 0 Å². The number of thiophene rings is 1. The summed E-state index contributed by atoms with van der Waals surface area (Å²) in [6.45, 7) is 10.4. The van der Waals surface area contributed by atoms with E-state index in [1.54, 1.807) is 0 Å². The van der Waals surface area contributed by atoms with Crippen LogP contribution in [0.25, 0.3) is 0 Å². The Labute approximate surface area is 113 Å². The molecular formula is C14H21N3S. The molecule has 0 fully saturated rings. The number of aromatic nitrogens is 2. The molecule has 2 heterocycles. The monoisotopic (exact) mass is 263 g/mol. The Morgan fingerprint density at radius 3 is 2.56 bits per heavy atom. The lowest BCUT2D eigenvalue weighted by Gasteiger charge is -2.04. The average molecular weight is 263 g/mol. The molecule has 0 atom stereocenters. The molecule has 0 amide bonds. The van der Waals surface area contributed by atoms with E-state index in [0.717, 1.165) is 18.8 Å². The Morgan fingerprint density at radius 2 is 2.00 bits per heavy atom. The lowest BCUT2D eigenvalue weighted by molar-refractivity contribution is 0.657. The maximum Gasteiger partial charge on any atom is 0.0673 e. The first-order chi connectivity index (χ1) is 8.52. The molecule has 18 heavy (non-hydrogen) atoms. The van der Waals surface area contributed by atoms with Crippen molar-refractivity contribution >= 4 is 11.3 Å². The van der Waals surface area contributed by atoms with E-state index in [0.29, 0.717) is 0 Å². The van der Waals surface area contributed by atoms with E-state index in [1.165, 1.54) is 26.6 Å². The zero-order valence-corrected chi connectivity index (χ0v) is 12.6. The van der Waals surface area contributed by atoms with Crippen LogP contribution in [-0.4, -0.2) is 16.8 Å². The highest BCUT2D eigenvalue weighted by Gasteiger charge is 2.10. The molecule has 4 heteroatoms. The fraction of sp³-hybridized carbons (Fsp3) is 0.500. The molecule has 2 aromatic rings. The SMILES string of the molecule is CNCc1cc(Cn2nc(C)c(C)c2C)c(C)s1. The molecule has 0 unspecified atom stereocenters. The van der Waals surface area contributed by atoms with E-state index in [4.69, 9.17) is 0 Å². The van der Waals surface area contributed by atoms with Gasteiger partial charge in [-0.2, -0.15) is 5.10 Å². The van der Waals surface area contributed by atoms with E-state index >= 15 is 0 Å². The fourth-order valence-electron chi connectivity index (χ4n) is 2.11. The van der Waals surface area contributed by atoms with Crippen LogP contribution in [0.4, 0.5) is 0 Å². The zero-order valence-electron chi connectivity index (χ0n) is 11.8. The van der Waals surface area contributed by atoms with Crippen molar-refractivity contribution in [2.45, 2.75) is 40.8 Å². The van der Waals surface area contributed by atoms with Crippen LogP contribution >= 0.6 is 11.3 Å². The normalized spacial score (nSPS) is 11.2. The molecule has 0 saturated carbocycles. The predicted octanol–water partition coefficient (Wildman–Crippen LogP) is 2.95. The smallest absolute Gasteiger partial charge is 0.0673 e. The molecule has 0 aliphatic rings. The van der Waals surface area contributed by atoms with Crippen LogP contribution in [-0.2, 0) is 13.1 Å². The Balaban J connectivity index is 2.25. The van der Waals surface area contributed by atoms with Crippen molar-refractivity contribution < 1.29 is 0 Å². The van der Waals surface area contributed by atoms with Gasteiger partial charge in [0, 0.05) is 22.0 Å². The summed E-state index contributed by atoms with van der Waals surface area (Å²) in [5, 5.41) is 7.81. The van der Waals surface area contributed by atoms with Gasteiger partial charge >= 0.3 is 0 Å². The largest absolute Gasteiger partial charge is 0.315 e. The quantitative estimate of drug-likeness (QED) is 0.919. The van der Waals surface area contributed by atoms with Gasteiger partial charge in [-0.3, -0.25) is 4.68 Å². The zero-order chi connectivity index (χ0) is 13.3. The van der Waals surface area contributed by atoms with Gasteiger partial charge in [0.15, 0.2) is 0 Å². The molecule has 0 aromatic carbocycles. The minimum atomic E-state index is 0.882. The molecule has 1 N–H and O–H groups in total. The molecule has 0 saturated heterocycles. The highest BCUT2D eigenvalue weighted by atomic mass is 32.1. The van der Waals surface area contributed by atoms with E-state index in [1.807, 2.05) is 18.4 Å². The summed E-state index contributed by atoms with van der Waals surface area (Å²) in [6.07, 6.45) is 0. The third-order valence-electron chi connectivity index (χ3n) is 3.49. The Hall–Kier alpha value is -1.13. The van der Waals surface area contributed by atoms with Crippen molar-refractivity contribution in [3.05, 3.63) is 38.3 Å². The molecule has 0 radical (unpaired) electrons. The van der Waals surface area contributed by atoms with Crippen LogP contribution in [0.2, 0.25) is 0 Å². The van der Waals surface area contributed by atoms with Gasteiger partial charge in [0.25, 0.3) is 0 Å². The van der Waals surface area contributed by atoms with Gasteiger partial charge in [-0.15, -0.1) is 11.3 Å². The average Bonchev–Trinajstić information content (AvgIpc) is 2.77. The summed E-state index contributed by atoms with van der Waals surface area (Å²) >= 11 is 1.87. The number of nitrogens with one attached hydrogen (secondary N) is 1. The molecule has 98 valence electrons. The minimum Gasteiger partial charge on any atom is -0.315 e. The number of nitrogens with zero attached hydrogens (tertiary/aromatic N) is 2. The van der Waals surface area contributed by atoms with E-state index in [9.17, 15) is 0 Å². The summed E-state index contributed by atoms with van der Waals surface area (Å²) in [4.78, 5) is 2.79. The number of rotatable bonds is 4. The Kier molecular flexibility index (Phi) is 3.88. The van der Waals surface area contributed by atoms with Crippen LogP contribution in [0.1, 0.15) is 32.3 Å². The van der Waals surface area contributed by atoms with Crippen molar-refractivity contribution in [2.75, 3.05) is 7.05 Å². The van der Waals surface area contributed by atoms with Crippen molar-refractivity contribution in [1.29, 1.82) is 0 Å². The molecular weight excluding hydrogens is 242 g/mol. The molecule has 3 nitrogen and oxygen atoms in total. The highest BCUT2D eigenvalue weighted by molar-refractivity contribution is 7.12. The summed E-state index contributed by atoms with van der Waals surface area (Å²) in [6, 6.07) is 2.29. The van der Waals surface area contributed by atoms with Gasteiger partial charge in [0.05, 0.1) is 12.2 Å². The molecule has 2 rings (SSSR count). The lowest BCUT2D eigenvalue weighted by atomic mass is 10.2. The van der Waals surface area contributed by atoms with Crippen molar-refractivity contribution in [2.24, 2.45) is 0 Å². The second kappa shape index (κ2) is 5.24. The summed E-state index contributed by atoms with van der Waals surface area (Å²) in [5.74, 6) is 0. The van der Waals surface area contributed by atoms with Gasteiger partial charge in [0.1, 0.15) is 0 Å². The highest BCUT2D eigenvalue weighted by Crippen LogP contribution is 2.23. The molecule has 0 aliphatic carbocycles.